The molecular weight excluding hydrogens is 503 g/mol. The van der Waals surface area contributed by atoms with E-state index in [2.05, 4.69) is 51.8 Å². The van der Waals surface area contributed by atoms with Crippen LogP contribution in [0.3, 0.4) is 0 Å². The van der Waals surface area contributed by atoms with Crippen molar-refractivity contribution < 1.29 is 19.1 Å². The molecule has 216 valence electrons. The molecule has 1 aromatic carbocycles. The average molecular weight is 549 g/mol. The topological polar surface area (TPSA) is 82.2 Å². The molecule has 1 amide bonds. The number of aromatic nitrogens is 1. The molecule has 0 radical (unpaired) electrons. The maximum atomic E-state index is 14.3. The highest BCUT2D eigenvalue weighted by Crippen LogP contribution is 2.51. The van der Waals surface area contributed by atoms with Crippen molar-refractivity contribution in [2.45, 2.75) is 91.9 Å². The highest BCUT2D eigenvalue weighted by molar-refractivity contribution is 6.35. The number of carboxylic acids is 1. The van der Waals surface area contributed by atoms with Gasteiger partial charge in [-0.25, -0.2) is 9.18 Å². The summed E-state index contributed by atoms with van der Waals surface area (Å²) in [6.07, 6.45) is 8.11. The molecule has 5 nitrogen and oxygen atoms in total. The van der Waals surface area contributed by atoms with Gasteiger partial charge >= 0.3 is 5.97 Å². The molecule has 2 saturated carbocycles. The van der Waals surface area contributed by atoms with Gasteiger partial charge in [-0.05, 0) is 96.9 Å². The van der Waals surface area contributed by atoms with Crippen LogP contribution < -0.4 is 5.32 Å². The Morgan fingerprint density at radius 1 is 0.975 bits per heavy atom. The van der Waals surface area contributed by atoms with Crippen molar-refractivity contribution >= 4 is 29.2 Å². The lowest BCUT2D eigenvalue weighted by Gasteiger charge is -2.39. The monoisotopic (exact) mass is 548 g/mol. The van der Waals surface area contributed by atoms with Crippen LogP contribution in [0.1, 0.15) is 125 Å². The second-order valence-corrected chi connectivity index (χ2v) is 13.6. The predicted octanol–water partition coefficient (Wildman–Crippen LogP) is 8.70. The third-order valence-electron chi connectivity index (χ3n) is 10.2. The van der Waals surface area contributed by atoms with Crippen LogP contribution in [-0.2, 0) is 4.79 Å². The van der Waals surface area contributed by atoms with Crippen LogP contribution in [0, 0.1) is 41.3 Å². The number of aromatic amines is 1. The third-order valence-corrected chi connectivity index (χ3v) is 10.2. The van der Waals surface area contributed by atoms with Crippen molar-refractivity contribution in [1.82, 2.24) is 4.98 Å². The van der Waals surface area contributed by atoms with Gasteiger partial charge in [0.15, 0.2) is 0 Å². The average Bonchev–Trinajstić information content (AvgIpc) is 3.41. The Morgan fingerprint density at radius 3 is 2.17 bits per heavy atom. The zero-order valence-electron chi connectivity index (χ0n) is 24.8. The lowest BCUT2D eigenvalue weighted by molar-refractivity contribution is -0.110. The summed E-state index contributed by atoms with van der Waals surface area (Å²) in [6, 6.07) is 4.31. The number of halogens is 1. The molecule has 2 fully saturated rings. The van der Waals surface area contributed by atoms with Gasteiger partial charge < -0.3 is 15.4 Å². The van der Waals surface area contributed by atoms with Crippen LogP contribution in [0.5, 0.6) is 0 Å². The quantitative estimate of drug-likeness (QED) is 0.316. The molecule has 0 saturated heterocycles. The lowest BCUT2D eigenvalue weighted by Crippen LogP contribution is -2.29. The molecule has 3 aliphatic rings. The van der Waals surface area contributed by atoms with E-state index < -0.39 is 11.8 Å². The fourth-order valence-corrected chi connectivity index (χ4v) is 8.08. The second-order valence-electron chi connectivity index (χ2n) is 13.6. The molecule has 0 bridgehead atoms. The van der Waals surface area contributed by atoms with Crippen molar-refractivity contribution in [2.75, 3.05) is 5.32 Å². The van der Waals surface area contributed by atoms with E-state index in [0.717, 1.165) is 49.8 Å². The number of rotatable bonds is 6. The van der Waals surface area contributed by atoms with E-state index in [1.807, 2.05) is 0 Å². The molecule has 2 aromatic rings. The molecular formula is C34H45FN2O3. The number of benzene rings is 1. The van der Waals surface area contributed by atoms with E-state index in [9.17, 15) is 19.1 Å². The molecule has 0 spiro atoms. The summed E-state index contributed by atoms with van der Waals surface area (Å²) in [5.41, 5.74) is 4.27. The number of H-pyrrole nitrogens is 1. The molecule has 5 rings (SSSR count). The minimum absolute atomic E-state index is 0.0710. The van der Waals surface area contributed by atoms with Crippen molar-refractivity contribution in [1.29, 1.82) is 0 Å². The number of fused-ring (bicyclic) bond motifs is 1. The Morgan fingerprint density at radius 2 is 1.57 bits per heavy atom. The first-order chi connectivity index (χ1) is 19.0. The Balaban J connectivity index is 1.76. The Bertz CT molecular complexity index is 1320. The summed E-state index contributed by atoms with van der Waals surface area (Å²) in [5.74, 6) is 1.17. The number of carboxylic acid groups (broad SMARTS) is 1. The number of aromatic carboxylic acids is 1. The van der Waals surface area contributed by atoms with Crippen molar-refractivity contribution in [3.05, 3.63) is 52.1 Å². The van der Waals surface area contributed by atoms with Crippen LogP contribution >= 0.6 is 0 Å². The molecule has 2 heterocycles. The van der Waals surface area contributed by atoms with E-state index in [1.54, 1.807) is 12.1 Å². The summed E-state index contributed by atoms with van der Waals surface area (Å²) >= 11 is 0. The first kappa shape index (κ1) is 28.6. The summed E-state index contributed by atoms with van der Waals surface area (Å²) in [4.78, 5) is 30.0. The van der Waals surface area contributed by atoms with E-state index in [-0.39, 0.29) is 17.7 Å². The van der Waals surface area contributed by atoms with E-state index in [1.165, 1.54) is 12.1 Å². The minimum atomic E-state index is -0.894. The SMILES string of the molecule is CC1CCC(C(C)C)C(c2[nH]c(C=C3C(=O)Nc4ccc(F)cc43)c(C3CC(C)CCC3C(C)C)c2C(=O)O)C1. The summed E-state index contributed by atoms with van der Waals surface area (Å²) in [6.45, 7) is 13.5. The zero-order valence-corrected chi connectivity index (χ0v) is 24.8. The fourth-order valence-electron chi connectivity index (χ4n) is 8.08. The summed E-state index contributed by atoms with van der Waals surface area (Å²) in [5, 5.41) is 13.7. The molecule has 3 N–H and O–H groups in total. The molecule has 1 aliphatic heterocycles. The van der Waals surface area contributed by atoms with Crippen molar-refractivity contribution in [2.24, 2.45) is 35.5 Å². The number of carbonyl (C=O) groups is 2. The zero-order chi connectivity index (χ0) is 28.9. The van der Waals surface area contributed by atoms with Crippen molar-refractivity contribution in [3.63, 3.8) is 0 Å². The number of anilines is 1. The fraction of sp³-hybridized carbons (Fsp3) is 0.588. The van der Waals surface area contributed by atoms with Crippen molar-refractivity contribution in [3.8, 4) is 0 Å². The Labute approximate surface area is 238 Å². The Hall–Kier alpha value is -2.89. The summed E-state index contributed by atoms with van der Waals surface area (Å²) < 4.78 is 14.3. The standard InChI is InChI=1S/C34H45FN2O3/c1-17(2)22-10-7-19(5)13-25(22)30-29(16-27-24-15-21(35)9-12-28(24)37-33(27)38)36-32(31(30)34(39)40)26-14-20(6)8-11-23(26)18(3)4/h9,12,15-20,22-23,25-26,36H,7-8,10-11,13-14H2,1-6H3,(H,37,38)(H,39,40). The number of nitrogens with one attached hydrogen (secondary N) is 2. The van der Waals surface area contributed by atoms with Gasteiger partial charge in [-0.1, -0.05) is 54.4 Å². The normalized spacial score (nSPS) is 29.7. The molecule has 40 heavy (non-hydrogen) atoms. The van der Waals surface area contributed by atoms with Gasteiger partial charge in [-0.3, -0.25) is 4.79 Å². The van der Waals surface area contributed by atoms with Gasteiger partial charge in [0, 0.05) is 28.6 Å². The minimum Gasteiger partial charge on any atom is -0.478 e. The summed E-state index contributed by atoms with van der Waals surface area (Å²) in [7, 11) is 0. The van der Waals surface area contributed by atoms with Crippen LogP contribution in [0.4, 0.5) is 10.1 Å². The molecule has 6 atom stereocenters. The molecule has 2 aliphatic carbocycles. The van der Waals surface area contributed by atoms with Crippen LogP contribution in [0.2, 0.25) is 0 Å². The van der Waals surface area contributed by atoms with Gasteiger partial charge in [0.1, 0.15) is 5.82 Å². The number of carbonyl (C=O) groups excluding carboxylic acids is 1. The van der Waals surface area contributed by atoms with Gasteiger partial charge in [-0.15, -0.1) is 0 Å². The van der Waals surface area contributed by atoms with E-state index in [0.29, 0.717) is 63.6 Å². The number of amides is 1. The molecule has 1 aromatic heterocycles. The first-order valence-electron chi connectivity index (χ1n) is 15.3. The van der Waals surface area contributed by atoms with Gasteiger partial charge in [0.25, 0.3) is 5.91 Å². The van der Waals surface area contributed by atoms with Gasteiger partial charge in [-0.2, -0.15) is 0 Å². The highest BCUT2D eigenvalue weighted by atomic mass is 19.1. The van der Waals surface area contributed by atoms with E-state index >= 15 is 0 Å². The van der Waals surface area contributed by atoms with Gasteiger partial charge in [0.2, 0.25) is 0 Å². The second kappa shape index (κ2) is 11.2. The number of hydrogen-bond donors (Lipinski definition) is 3. The van der Waals surface area contributed by atoms with Crippen LogP contribution in [0.15, 0.2) is 18.2 Å². The Kier molecular flexibility index (Phi) is 8.00. The lowest BCUT2D eigenvalue weighted by atomic mass is 9.65. The van der Waals surface area contributed by atoms with Crippen LogP contribution in [0.25, 0.3) is 11.6 Å². The first-order valence-corrected chi connectivity index (χ1v) is 15.3. The molecule has 6 unspecified atom stereocenters. The third kappa shape index (κ3) is 5.26. The maximum absolute atomic E-state index is 14.3. The predicted molar refractivity (Wildman–Crippen MR) is 159 cm³/mol. The van der Waals surface area contributed by atoms with Gasteiger partial charge in [0.05, 0.1) is 11.1 Å². The smallest absolute Gasteiger partial charge is 0.337 e. The maximum Gasteiger partial charge on any atom is 0.337 e. The van der Waals surface area contributed by atoms with Crippen LogP contribution in [-0.4, -0.2) is 22.0 Å². The van der Waals surface area contributed by atoms with E-state index in [4.69, 9.17) is 0 Å². The molecule has 6 heteroatoms. The highest BCUT2D eigenvalue weighted by Gasteiger charge is 2.41. The largest absolute Gasteiger partial charge is 0.478 e. The number of hydrogen-bond acceptors (Lipinski definition) is 2.